The summed E-state index contributed by atoms with van der Waals surface area (Å²) < 4.78 is 5.05. The van der Waals surface area contributed by atoms with Gasteiger partial charge in [-0.05, 0) is 26.3 Å². The van der Waals surface area contributed by atoms with Crippen LogP contribution in [0.4, 0.5) is 0 Å². The van der Waals surface area contributed by atoms with Crippen molar-refractivity contribution in [2.45, 2.75) is 38.3 Å². The second-order valence-corrected chi connectivity index (χ2v) is 4.26. The highest BCUT2D eigenvalue weighted by Gasteiger charge is 2.25. The smallest absolute Gasteiger partial charge is 0.239 e. The maximum absolute atomic E-state index is 12.0. The molecule has 1 saturated heterocycles. The van der Waals surface area contributed by atoms with Crippen LogP contribution >= 0.6 is 0 Å². The number of rotatable bonds is 4. The first-order valence-corrected chi connectivity index (χ1v) is 5.65. The Kier molecular flexibility index (Phi) is 5.05. The van der Waals surface area contributed by atoms with Crippen LogP contribution in [0.25, 0.3) is 0 Å². The number of nitrogens with zero attached hydrogens (tertiary/aromatic N) is 1. The summed E-state index contributed by atoms with van der Waals surface area (Å²) in [7, 11) is 3.51. The van der Waals surface area contributed by atoms with E-state index in [0.29, 0.717) is 6.61 Å². The number of carbonyl (C=O) groups excluding carboxylic acids is 1. The van der Waals surface area contributed by atoms with Crippen LogP contribution in [0.5, 0.6) is 0 Å². The maximum Gasteiger partial charge on any atom is 0.239 e. The van der Waals surface area contributed by atoms with Gasteiger partial charge >= 0.3 is 0 Å². The number of carbonyl (C=O) groups is 1. The zero-order valence-corrected chi connectivity index (χ0v) is 9.95. The summed E-state index contributed by atoms with van der Waals surface area (Å²) in [5, 5.41) is 3.26. The largest absolute Gasteiger partial charge is 0.383 e. The first-order chi connectivity index (χ1) is 7.16. The summed E-state index contributed by atoms with van der Waals surface area (Å²) >= 11 is 0. The van der Waals surface area contributed by atoms with Crippen molar-refractivity contribution < 1.29 is 9.53 Å². The Morgan fingerprint density at radius 2 is 2.33 bits per heavy atom. The molecule has 0 bridgehead atoms. The van der Waals surface area contributed by atoms with E-state index in [1.807, 2.05) is 14.0 Å². The number of piperidine rings is 1. The number of likely N-dealkylation sites (N-methyl/N-ethyl adjacent to an activating group) is 1. The van der Waals surface area contributed by atoms with Crippen molar-refractivity contribution in [2.75, 3.05) is 27.3 Å². The Balaban J connectivity index is 2.43. The average Bonchev–Trinajstić information content (AvgIpc) is 2.28. The molecule has 2 atom stereocenters. The highest BCUT2D eigenvalue weighted by atomic mass is 16.5. The van der Waals surface area contributed by atoms with Gasteiger partial charge in [-0.15, -0.1) is 0 Å². The zero-order chi connectivity index (χ0) is 11.3. The van der Waals surface area contributed by atoms with Crippen LogP contribution < -0.4 is 5.32 Å². The van der Waals surface area contributed by atoms with Crippen molar-refractivity contribution in [3.05, 3.63) is 0 Å². The Morgan fingerprint density at radius 3 is 2.87 bits per heavy atom. The van der Waals surface area contributed by atoms with Gasteiger partial charge in [0.1, 0.15) is 0 Å². The molecule has 4 nitrogen and oxygen atoms in total. The Bertz CT molecular complexity index is 203. The summed E-state index contributed by atoms with van der Waals surface area (Å²) in [5.41, 5.74) is 0. The molecule has 1 N–H and O–H groups in total. The van der Waals surface area contributed by atoms with E-state index in [0.717, 1.165) is 19.4 Å². The Morgan fingerprint density at radius 1 is 1.60 bits per heavy atom. The van der Waals surface area contributed by atoms with Crippen molar-refractivity contribution in [3.63, 3.8) is 0 Å². The molecular weight excluding hydrogens is 192 g/mol. The lowest BCUT2D eigenvalue weighted by Gasteiger charge is -2.31. The molecule has 0 radical (unpaired) electrons. The molecule has 0 saturated carbocycles. The summed E-state index contributed by atoms with van der Waals surface area (Å²) in [6, 6.07) is 0.161. The second-order valence-electron chi connectivity index (χ2n) is 4.26. The third-order valence-electron chi connectivity index (χ3n) is 3.03. The molecule has 0 aromatic rings. The van der Waals surface area contributed by atoms with Crippen LogP contribution in [-0.4, -0.2) is 50.2 Å². The van der Waals surface area contributed by atoms with Crippen LogP contribution in [0.2, 0.25) is 0 Å². The fourth-order valence-corrected chi connectivity index (χ4v) is 1.88. The zero-order valence-electron chi connectivity index (χ0n) is 9.95. The molecule has 1 rings (SSSR count). The van der Waals surface area contributed by atoms with Crippen LogP contribution in [-0.2, 0) is 9.53 Å². The van der Waals surface area contributed by atoms with Crippen molar-refractivity contribution >= 4 is 5.91 Å². The van der Waals surface area contributed by atoms with E-state index in [2.05, 4.69) is 5.32 Å². The molecule has 1 unspecified atom stereocenters. The van der Waals surface area contributed by atoms with E-state index < -0.39 is 0 Å². The van der Waals surface area contributed by atoms with Gasteiger partial charge in [0, 0.05) is 14.2 Å². The average molecular weight is 214 g/mol. The Labute approximate surface area is 92.0 Å². The van der Waals surface area contributed by atoms with Crippen molar-refractivity contribution in [1.29, 1.82) is 0 Å². The molecule has 0 aliphatic carbocycles. The maximum atomic E-state index is 12.0. The van der Waals surface area contributed by atoms with Crippen LogP contribution in [0, 0.1) is 0 Å². The van der Waals surface area contributed by atoms with Gasteiger partial charge in [-0.3, -0.25) is 4.79 Å². The molecule has 1 heterocycles. The van der Waals surface area contributed by atoms with Gasteiger partial charge in [0.15, 0.2) is 0 Å². The lowest BCUT2D eigenvalue weighted by atomic mass is 10.0. The van der Waals surface area contributed by atoms with Gasteiger partial charge in [-0.25, -0.2) is 0 Å². The number of hydrogen-bond acceptors (Lipinski definition) is 3. The molecule has 0 aromatic carbocycles. The molecule has 0 spiro atoms. The molecule has 1 amide bonds. The van der Waals surface area contributed by atoms with Gasteiger partial charge in [0.2, 0.25) is 5.91 Å². The van der Waals surface area contributed by atoms with E-state index in [9.17, 15) is 4.79 Å². The second kappa shape index (κ2) is 6.08. The minimum atomic E-state index is 0.0167. The molecule has 1 aliphatic heterocycles. The predicted molar refractivity (Wildman–Crippen MR) is 59.7 cm³/mol. The quantitative estimate of drug-likeness (QED) is 0.746. The first kappa shape index (κ1) is 12.5. The van der Waals surface area contributed by atoms with E-state index in [1.54, 1.807) is 12.0 Å². The number of ether oxygens (including phenoxy) is 1. The summed E-state index contributed by atoms with van der Waals surface area (Å²) in [4.78, 5) is 13.8. The Hall–Kier alpha value is -0.610. The minimum Gasteiger partial charge on any atom is -0.383 e. The standard InChI is InChI=1S/C11H22N2O2/c1-9(8-15-3)13(2)11(14)10-6-4-5-7-12-10/h9-10,12H,4-8H2,1-3H3/t9?,10-/m1/s1. The van der Waals surface area contributed by atoms with Crippen LogP contribution in [0.1, 0.15) is 26.2 Å². The van der Waals surface area contributed by atoms with Gasteiger partial charge in [0.25, 0.3) is 0 Å². The molecule has 15 heavy (non-hydrogen) atoms. The summed E-state index contributed by atoms with van der Waals surface area (Å²) in [6.07, 6.45) is 3.29. The molecule has 88 valence electrons. The minimum absolute atomic E-state index is 0.0167. The third-order valence-corrected chi connectivity index (χ3v) is 3.03. The monoisotopic (exact) mass is 214 g/mol. The van der Waals surface area contributed by atoms with E-state index >= 15 is 0 Å². The molecule has 1 fully saturated rings. The molecular formula is C11H22N2O2. The van der Waals surface area contributed by atoms with E-state index in [-0.39, 0.29) is 18.0 Å². The number of nitrogens with one attached hydrogen (secondary N) is 1. The first-order valence-electron chi connectivity index (χ1n) is 5.65. The normalized spacial score (nSPS) is 23.5. The topological polar surface area (TPSA) is 41.6 Å². The van der Waals surface area contributed by atoms with Gasteiger partial charge < -0.3 is 15.0 Å². The lowest BCUT2D eigenvalue weighted by molar-refractivity contribution is -0.135. The van der Waals surface area contributed by atoms with Crippen molar-refractivity contribution in [3.8, 4) is 0 Å². The van der Waals surface area contributed by atoms with Crippen molar-refractivity contribution in [1.82, 2.24) is 10.2 Å². The number of methoxy groups -OCH3 is 1. The molecule has 0 aromatic heterocycles. The van der Waals surface area contributed by atoms with Gasteiger partial charge in [-0.2, -0.15) is 0 Å². The van der Waals surface area contributed by atoms with E-state index in [4.69, 9.17) is 4.74 Å². The van der Waals surface area contributed by atoms with Gasteiger partial charge in [-0.1, -0.05) is 6.42 Å². The van der Waals surface area contributed by atoms with Crippen LogP contribution in [0.3, 0.4) is 0 Å². The third kappa shape index (κ3) is 3.47. The predicted octanol–water partition coefficient (Wildman–Crippen LogP) is 0.622. The highest BCUT2D eigenvalue weighted by Crippen LogP contribution is 2.10. The fourth-order valence-electron chi connectivity index (χ4n) is 1.88. The molecule has 1 aliphatic rings. The van der Waals surface area contributed by atoms with Crippen LogP contribution in [0.15, 0.2) is 0 Å². The van der Waals surface area contributed by atoms with Crippen molar-refractivity contribution in [2.24, 2.45) is 0 Å². The fraction of sp³-hybridized carbons (Fsp3) is 0.909. The van der Waals surface area contributed by atoms with E-state index in [1.165, 1.54) is 6.42 Å². The summed E-state index contributed by atoms with van der Waals surface area (Å²) in [5.74, 6) is 0.194. The number of amides is 1. The SMILES string of the molecule is COCC(C)N(C)C(=O)[C@H]1CCCCN1. The highest BCUT2D eigenvalue weighted by molar-refractivity contribution is 5.82. The summed E-state index contributed by atoms with van der Waals surface area (Å²) in [6.45, 7) is 3.56. The number of hydrogen-bond donors (Lipinski definition) is 1. The molecule has 4 heteroatoms. The lowest BCUT2D eigenvalue weighted by Crippen LogP contribution is -2.50. The van der Waals surface area contributed by atoms with Gasteiger partial charge in [0.05, 0.1) is 18.7 Å².